The minimum Gasteiger partial charge on any atom is -0.447 e. The molecule has 2 aliphatic rings. The fraction of sp³-hybridized carbons (Fsp3) is 0.667. The third-order valence-electron chi connectivity index (χ3n) is 4.47. The summed E-state index contributed by atoms with van der Waals surface area (Å²) < 4.78 is 56.2. The fourth-order valence-corrected chi connectivity index (χ4v) is 5.30. The monoisotopic (exact) mass is 390 g/mol. The summed E-state index contributed by atoms with van der Waals surface area (Å²) in [4.78, 5) is 11.9. The maximum absolute atomic E-state index is 12.4. The first-order valence-corrected chi connectivity index (χ1v) is 11.5. The summed E-state index contributed by atoms with van der Waals surface area (Å²) in [5.74, 6) is -1.02. The molecule has 0 radical (unpaired) electrons. The highest BCUT2D eigenvalue weighted by Crippen LogP contribution is 2.24. The Morgan fingerprint density at radius 1 is 1.24 bits per heavy atom. The van der Waals surface area contributed by atoms with Gasteiger partial charge in [-0.05, 0) is 44.7 Å². The number of furan rings is 1. The van der Waals surface area contributed by atoms with Crippen molar-refractivity contribution in [3.8, 4) is 0 Å². The van der Waals surface area contributed by atoms with E-state index in [2.05, 4.69) is 5.32 Å². The van der Waals surface area contributed by atoms with E-state index in [0.29, 0.717) is 13.1 Å². The Kier molecular flexibility index (Phi) is 4.95. The lowest BCUT2D eigenvalue weighted by Crippen LogP contribution is -2.39. The number of hydrogen-bond acceptors (Lipinski definition) is 6. The van der Waals surface area contributed by atoms with Gasteiger partial charge in [0.2, 0.25) is 11.0 Å². The molecule has 1 amide bonds. The van der Waals surface area contributed by atoms with Gasteiger partial charge in [-0.2, -0.15) is 4.31 Å². The van der Waals surface area contributed by atoms with E-state index in [1.807, 2.05) is 0 Å². The Hall–Kier alpha value is -1.39. The van der Waals surface area contributed by atoms with Gasteiger partial charge in [-0.15, -0.1) is 0 Å². The molecule has 0 bridgehead atoms. The first-order chi connectivity index (χ1) is 11.7. The molecule has 0 spiro atoms. The molecular formula is C15H22N2O6S2. The second-order valence-electron chi connectivity index (χ2n) is 6.56. The molecule has 1 saturated heterocycles. The Morgan fingerprint density at radius 2 is 1.88 bits per heavy atom. The van der Waals surface area contributed by atoms with Crippen LogP contribution in [-0.4, -0.2) is 51.4 Å². The molecule has 2 fully saturated rings. The quantitative estimate of drug-likeness (QED) is 0.731. The van der Waals surface area contributed by atoms with E-state index >= 15 is 0 Å². The van der Waals surface area contributed by atoms with Crippen molar-refractivity contribution >= 4 is 25.8 Å². The number of rotatable bonds is 7. The van der Waals surface area contributed by atoms with Gasteiger partial charge < -0.3 is 9.73 Å². The number of amides is 1. The molecule has 2 heterocycles. The Bertz CT molecular complexity index is 848. The van der Waals surface area contributed by atoms with E-state index < -0.39 is 36.8 Å². The van der Waals surface area contributed by atoms with E-state index in [1.165, 1.54) is 23.4 Å². The Balaban J connectivity index is 1.70. The third kappa shape index (κ3) is 4.06. The van der Waals surface area contributed by atoms with Crippen molar-refractivity contribution in [3.05, 3.63) is 17.9 Å². The van der Waals surface area contributed by atoms with Crippen LogP contribution >= 0.6 is 0 Å². The van der Waals surface area contributed by atoms with Gasteiger partial charge in [-0.1, -0.05) is 0 Å². The Labute approximate surface area is 147 Å². The minimum atomic E-state index is -3.80. The van der Waals surface area contributed by atoms with Crippen LogP contribution in [0.5, 0.6) is 0 Å². The second-order valence-corrected chi connectivity index (χ2v) is 10.8. The molecule has 0 unspecified atom stereocenters. The summed E-state index contributed by atoms with van der Waals surface area (Å²) in [7, 11) is -7.52. The van der Waals surface area contributed by atoms with E-state index in [9.17, 15) is 21.6 Å². The van der Waals surface area contributed by atoms with Crippen LogP contribution in [0.25, 0.3) is 0 Å². The maximum atomic E-state index is 12.4. The van der Waals surface area contributed by atoms with Gasteiger partial charge in [0.05, 0.1) is 0 Å². The number of carbonyl (C=O) groups is 1. The van der Waals surface area contributed by atoms with E-state index in [1.54, 1.807) is 0 Å². The molecule has 10 heteroatoms. The second kappa shape index (κ2) is 6.73. The lowest BCUT2D eigenvalue weighted by atomic mass is 10.4. The summed E-state index contributed by atoms with van der Waals surface area (Å²) in [6.45, 7) is 2.21. The van der Waals surface area contributed by atoms with Gasteiger partial charge >= 0.3 is 0 Å². The molecule has 1 aromatic heterocycles. The van der Waals surface area contributed by atoms with Gasteiger partial charge in [0, 0.05) is 19.1 Å². The zero-order valence-corrected chi connectivity index (χ0v) is 15.6. The summed E-state index contributed by atoms with van der Waals surface area (Å²) in [5.41, 5.74) is 0. The molecular weight excluding hydrogens is 368 g/mol. The largest absolute Gasteiger partial charge is 0.447 e. The summed E-state index contributed by atoms with van der Waals surface area (Å²) >= 11 is 0. The summed E-state index contributed by atoms with van der Waals surface area (Å²) in [5, 5.41) is 1.19. The predicted molar refractivity (Wildman–Crippen MR) is 90.0 cm³/mol. The van der Waals surface area contributed by atoms with Crippen LogP contribution in [0, 0.1) is 0 Å². The molecule has 140 valence electrons. The van der Waals surface area contributed by atoms with Crippen molar-refractivity contribution in [1.29, 1.82) is 0 Å². The SMILES string of the molecule is C[C@@H](C(=O)NC1CC1)S(=O)(=O)Cc1ccc(S(=O)(=O)N2CCCC2)o1. The lowest BCUT2D eigenvalue weighted by Gasteiger charge is -2.13. The van der Waals surface area contributed by atoms with Crippen LogP contribution in [0.4, 0.5) is 0 Å². The molecule has 1 atom stereocenters. The predicted octanol–water partition coefficient (Wildman–Crippen LogP) is 0.646. The lowest BCUT2D eigenvalue weighted by molar-refractivity contribution is -0.120. The normalized spacial score (nSPS) is 20.5. The topological polar surface area (TPSA) is 114 Å². The molecule has 0 aromatic carbocycles. The molecule has 1 aliphatic carbocycles. The average molecular weight is 390 g/mol. The van der Waals surface area contributed by atoms with E-state index in [-0.39, 0.29) is 16.9 Å². The number of sulfonamides is 1. The van der Waals surface area contributed by atoms with Gasteiger partial charge in [-0.25, -0.2) is 16.8 Å². The van der Waals surface area contributed by atoms with Gasteiger partial charge in [0.15, 0.2) is 9.84 Å². The molecule has 1 aromatic rings. The number of hydrogen-bond donors (Lipinski definition) is 1. The van der Waals surface area contributed by atoms with Crippen molar-refractivity contribution < 1.29 is 26.0 Å². The van der Waals surface area contributed by atoms with Crippen molar-refractivity contribution in [2.24, 2.45) is 0 Å². The zero-order chi connectivity index (χ0) is 18.2. The third-order valence-corrected chi connectivity index (χ3v) is 8.22. The zero-order valence-electron chi connectivity index (χ0n) is 14.0. The van der Waals surface area contributed by atoms with Crippen molar-refractivity contribution in [1.82, 2.24) is 9.62 Å². The number of carbonyl (C=O) groups excluding carboxylic acids is 1. The fourth-order valence-electron chi connectivity index (χ4n) is 2.66. The summed E-state index contributed by atoms with van der Waals surface area (Å²) in [6.07, 6.45) is 3.34. The minimum absolute atomic E-state index is 0.0174. The van der Waals surface area contributed by atoms with Gasteiger partial charge in [0.1, 0.15) is 16.8 Å². The Morgan fingerprint density at radius 3 is 2.48 bits per heavy atom. The standard InChI is InChI=1S/C15H22N2O6S2/c1-11(15(18)16-12-4-5-12)24(19,20)10-13-6-7-14(23-13)25(21,22)17-8-2-3-9-17/h6-7,11-12H,2-5,8-10H2,1H3,(H,16,18)/t11-/m0/s1. The van der Waals surface area contributed by atoms with Crippen LogP contribution in [0.15, 0.2) is 21.6 Å². The average Bonchev–Trinajstić information content (AvgIpc) is 3.04. The maximum Gasteiger partial charge on any atom is 0.276 e. The van der Waals surface area contributed by atoms with E-state index in [4.69, 9.17) is 4.42 Å². The summed E-state index contributed by atoms with van der Waals surface area (Å²) in [6, 6.07) is 2.69. The highest BCUT2D eigenvalue weighted by Gasteiger charge is 2.34. The van der Waals surface area contributed by atoms with Crippen LogP contribution in [0.2, 0.25) is 0 Å². The number of sulfone groups is 1. The highest BCUT2D eigenvalue weighted by molar-refractivity contribution is 7.92. The van der Waals surface area contributed by atoms with Crippen LogP contribution in [0.1, 0.15) is 38.4 Å². The van der Waals surface area contributed by atoms with Crippen LogP contribution in [-0.2, 0) is 30.4 Å². The van der Waals surface area contributed by atoms with Gasteiger partial charge in [-0.3, -0.25) is 4.79 Å². The first-order valence-electron chi connectivity index (χ1n) is 8.31. The molecule has 1 N–H and O–H groups in total. The molecule has 3 rings (SSSR count). The number of nitrogens with one attached hydrogen (secondary N) is 1. The van der Waals surface area contributed by atoms with Crippen molar-refractivity contribution in [2.75, 3.05) is 13.1 Å². The molecule has 1 aliphatic heterocycles. The van der Waals surface area contributed by atoms with Crippen molar-refractivity contribution in [3.63, 3.8) is 0 Å². The van der Waals surface area contributed by atoms with Crippen molar-refractivity contribution in [2.45, 2.75) is 54.7 Å². The smallest absolute Gasteiger partial charge is 0.276 e. The number of nitrogens with zero attached hydrogens (tertiary/aromatic N) is 1. The van der Waals surface area contributed by atoms with Crippen LogP contribution < -0.4 is 5.32 Å². The highest BCUT2D eigenvalue weighted by atomic mass is 32.2. The molecule has 8 nitrogen and oxygen atoms in total. The molecule has 25 heavy (non-hydrogen) atoms. The van der Waals surface area contributed by atoms with E-state index in [0.717, 1.165) is 25.7 Å². The van der Waals surface area contributed by atoms with Crippen LogP contribution in [0.3, 0.4) is 0 Å². The molecule has 1 saturated carbocycles. The first kappa shape index (κ1) is 18.4. The van der Waals surface area contributed by atoms with Gasteiger partial charge in [0.25, 0.3) is 10.0 Å².